The molecule has 1 aliphatic rings. The van der Waals surface area contributed by atoms with Crippen molar-refractivity contribution in [1.29, 1.82) is 0 Å². The summed E-state index contributed by atoms with van der Waals surface area (Å²) in [7, 11) is 1.60. The SMILES string of the molecule is COc1cc(C(=O)N(CCO)CC2CCCN2)ccc1C. The zero-order valence-electron chi connectivity index (χ0n) is 12.8. The van der Waals surface area contributed by atoms with E-state index < -0.39 is 0 Å². The number of methoxy groups -OCH3 is 1. The maximum Gasteiger partial charge on any atom is 0.254 e. The van der Waals surface area contributed by atoms with Gasteiger partial charge in [0.05, 0.1) is 13.7 Å². The van der Waals surface area contributed by atoms with Crippen LogP contribution in [-0.4, -0.2) is 55.3 Å². The van der Waals surface area contributed by atoms with E-state index in [-0.39, 0.29) is 12.5 Å². The maximum absolute atomic E-state index is 12.6. The molecular weight excluding hydrogens is 268 g/mol. The lowest BCUT2D eigenvalue weighted by Crippen LogP contribution is -2.42. The van der Waals surface area contributed by atoms with Gasteiger partial charge in [0.2, 0.25) is 0 Å². The minimum Gasteiger partial charge on any atom is -0.496 e. The van der Waals surface area contributed by atoms with Gasteiger partial charge in [-0.05, 0) is 44.0 Å². The van der Waals surface area contributed by atoms with Crippen LogP contribution < -0.4 is 10.1 Å². The largest absolute Gasteiger partial charge is 0.496 e. The van der Waals surface area contributed by atoms with E-state index in [0.29, 0.717) is 30.4 Å². The fraction of sp³-hybridized carbons (Fsp3) is 0.562. The molecule has 0 aromatic heterocycles. The van der Waals surface area contributed by atoms with Gasteiger partial charge in [-0.2, -0.15) is 0 Å². The standard InChI is InChI=1S/C16H24N2O3/c1-12-5-6-13(10-15(12)21-2)16(20)18(8-9-19)11-14-4-3-7-17-14/h5-6,10,14,17,19H,3-4,7-9,11H2,1-2H3. The first kappa shape index (κ1) is 15.8. The van der Waals surface area contributed by atoms with Gasteiger partial charge >= 0.3 is 0 Å². The minimum atomic E-state index is -0.0592. The van der Waals surface area contributed by atoms with Gasteiger partial charge in [-0.25, -0.2) is 0 Å². The highest BCUT2D eigenvalue weighted by Gasteiger charge is 2.22. The Bertz CT molecular complexity index is 484. The Labute approximate surface area is 125 Å². The summed E-state index contributed by atoms with van der Waals surface area (Å²) in [5.74, 6) is 0.653. The number of ether oxygens (including phenoxy) is 1. The minimum absolute atomic E-state index is 0.0263. The molecule has 0 radical (unpaired) electrons. The topological polar surface area (TPSA) is 61.8 Å². The number of hydrogen-bond donors (Lipinski definition) is 2. The number of nitrogens with zero attached hydrogens (tertiary/aromatic N) is 1. The van der Waals surface area contributed by atoms with Crippen molar-refractivity contribution in [3.63, 3.8) is 0 Å². The van der Waals surface area contributed by atoms with Crippen LogP contribution >= 0.6 is 0 Å². The summed E-state index contributed by atoms with van der Waals surface area (Å²) in [4.78, 5) is 14.3. The molecule has 1 aliphatic heterocycles. The molecule has 5 nitrogen and oxygen atoms in total. The third-order valence-electron chi connectivity index (χ3n) is 3.92. The summed E-state index contributed by atoms with van der Waals surface area (Å²) < 4.78 is 5.28. The summed E-state index contributed by atoms with van der Waals surface area (Å²) in [6, 6.07) is 5.79. The number of nitrogens with one attached hydrogen (secondary N) is 1. The van der Waals surface area contributed by atoms with Gasteiger partial charge in [-0.1, -0.05) is 6.07 Å². The molecule has 0 aliphatic carbocycles. The number of aliphatic hydroxyl groups excluding tert-OH is 1. The van der Waals surface area contributed by atoms with E-state index in [1.54, 1.807) is 18.1 Å². The predicted molar refractivity (Wildman–Crippen MR) is 81.7 cm³/mol. The van der Waals surface area contributed by atoms with Crippen molar-refractivity contribution >= 4 is 5.91 Å². The normalized spacial score (nSPS) is 17.8. The van der Waals surface area contributed by atoms with Crippen LogP contribution in [0, 0.1) is 6.92 Å². The first-order valence-corrected chi connectivity index (χ1v) is 7.44. The highest BCUT2D eigenvalue weighted by Crippen LogP contribution is 2.20. The molecule has 116 valence electrons. The molecule has 1 aromatic carbocycles. The maximum atomic E-state index is 12.6. The van der Waals surface area contributed by atoms with Gasteiger partial charge in [0.25, 0.3) is 5.91 Å². The Balaban J connectivity index is 2.12. The van der Waals surface area contributed by atoms with Gasteiger partial charge in [-0.3, -0.25) is 4.79 Å². The van der Waals surface area contributed by atoms with E-state index >= 15 is 0 Å². The first-order valence-electron chi connectivity index (χ1n) is 7.44. The Kier molecular flexibility index (Phi) is 5.59. The molecule has 1 amide bonds. The van der Waals surface area contributed by atoms with Crippen LogP contribution in [0.3, 0.4) is 0 Å². The molecule has 21 heavy (non-hydrogen) atoms. The fourth-order valence-electron chi connectivity index (χ4n) is 2.71. The van der Waals surface area contributed by atoms with Crippen molar-refractivity contribution in [2.45, 2.75) is 25.8 Å². The molecule has 1 unspecified atom stereocenters. The number of aliphatic hydroxyl groups is 1. The van der Waals surface area contributed by atoms with Gasteiger partial charge in [0.15, 0.2) is 0 Å². The molecule has 1 aromatic rings. The number of amides is 1. The molecule has 2 N–H and O–H groups in total. The van der Waals surface area contributed by atoms with Crippen LogP contribution in [0.1, 0.15) is 28.8 Å². The monoisotopic (exact) mass is 292 g/mol. The van der Waals surface area contributed by atoms with Crippen LogP contribution in [-0.2, 0) is 0 Å². The summed E-state index contributed by atoms with van der Waals surface area (Å²) in [6.45, 7) is 3.91. The molecule has 1 fully saturated rings. The third kappa shape index (κ3) is 3.95. The second kappa shape index (κ2) is 7.43. The molecule has 1 saturated heterocycles. The van der Waals surface area contributed by atoms with E-state index in [1.165, 1.54) is 0 Å². The smallest absolute Gasteiger partial charge is 0.254 e. The average molecular weight is 292 g/mol. The molecule has 0 saturated carbocycles. The van der Waals surface area contributed by atoms with Gasteiger partial charge in [0, 0.05) is 24.7 Å². The lowest BCUT2D eigenvalue weighted by Gasteiger charge is -2.25. The highest BCUT2D eigenvalue weighted by atomic mass is 16.5. The third-order valence-corrected chi connectivity index (χ3v) is 3.92. The number of benzene rings is 1. The first-order chi connectivity index (χ1) is 10.2. The second-order valence-corrected chi connectivity index (χ2v) is 5.45. The predicted octanol–water partition coefficient (Wildman–Crippen LogP) is 1.19. The highest BCUT2D eigenvalue weighted by molar-refractivity contribution is 5.94. The zero-order valence-corrected chi connectivity index (χ0v) is 12.8. The molecule has 2 rings (SSSR count). The van der Waals surface area contributed by atoms with Crippen LogP contribution in [0.5, 0.6) is 5.75 Å². The molecule has 0 spiro atoms. The Morgan fingerprint density at radius 1 is 1.52 bits per heavy atom. The summed E-state index contributed by atoms with van der Waals surface area (Å²) in [5, 5.41) is 12.6. The second-order valence-electron chi connectivity index (χ2n) is 5.45. The van der Waals surface area contributed by atoms with Crippen molar-refractivity contribution in [1.82, 2.24) is 10.2 Å². The summed E-state index contributed by atoms with van der Waals surface area (Å²) in [6.07, 6.45) is 2.22. The lowest BCUT2D eigenvalue weighted by atomic mass is 10.1. The van der Waals surface area contributed by atoms with Crippen LogP contribution in [0.4, 0.5) is 0 Å². The summed E-state index contributed by atoms with van der Waals surface area (Å²) in [5.41, 5.74) is 1.60. The van der Waals surface area contributed by atoms with Crippen molar-refractivity contribution in [3.8, 4) is 5.75 Å². The lowest BCUT2D eigenvalue weighted by molar-refractivity contribution is 0.0706. The van der Waals surface area contributed by atoms with E-state index in [0.717, 1.165) is 24.9 Å². The Hall–Kier alpha value is -1.59. The summed E-state index contributed by atoms with van der Waals surface area (Å²) >= 11 is 0. The van der Waals surface area contributed by atoms with Gasteiger partial charge in [0.1, 0.15) is 5.75 Å². The molecule has 5 heteroatoms. The molecule has 1 atom stereocenters. The van der Waals surface area contributed by atoms with E-state index in [1.807, 2.05) is 19.1 Å². The number of aryl methyl sites for hydroxylation is 1. The van der Waals surface area contributed by atoms with Crippen molar-refractivity contribution in [2.24, 2.45) is 0 Å². The molecular formula is C16H24N2O3. The van der Waals surface area contributed by atoms with Crippen molar-refractivity contribution in [2.75, 3.05) is 33.4 Å². The van der Waals surface area contributed by atoms with Crippen molar-refractivity contribution < 1.29 is 14.6 Å². The number of hydrogen-bond acceptors (Lipinski definition) is 4. The Morgan fingerprint density at radius 2 is 2.33 bits per heavy atom. The fourth-order valence-corrected chi connectivity index (χ4v) is 2.71. The Morgan fingerprint density at radius 3 is 2.95 bits per heavy atom. The van der Waals surface area contributed by atoms with Crippen molar-refractivity contribution in [3.05, 3.63) is 29.3 Å². The van der Waals surface area contributed by atoms with Gasteiger partial charge < -0.3 is 20.1 Å². The van der Waals surface area contributed by atoms with Crippen LogP contribution in [0.15, 0.2) is 18.2 Å². The molecule has 0 bridgehead atoms. The molecule has 1 heterocycles. The quantitative estimate of drug-likeness (QED) is 0.827. The average Bonchev–Trinajstić information content (AvgIpc) is 2.99. The zero-order chi connectivity index (χ0) is 15.2. The van der Waals surface area contributed by atoms with E-state index in [2.05, 4.69) is 5.32 Å². The van der Waals surface area contributed by atoms with E-state index in [9.17, 15) is 9.90 Å². The van der Waals surface area contributed by atoms with Gasteiger partial charge in [-0.15, -0.1) is 0 Å². The van der Waals surface area contributed by atoms with E-state index in [4.69, 9.17) is 4.74 Å². The number of carbonyl (C=O) groups is 1. The number of carbonyl (C=O) groups excluding carboxylic acids is 1. The van der Waals surface area contributed by atoms with Crippen LogP contribution in [0.2, 0.25) is 0 Å². The number of rotatable bonds is 6. The van der Waals surface area contributed by atoms with Crippen LogP contribution in [0.25, 0.3) is 0 Å².